The normalized spacial score (nSPS) is 12.4. The Morgan fingerprint density at radius 3 is 2.60 bits per heavy atom. The molecule has 1 aromatic heterocycles. The lowest BCUT2D eigenvalue weighted by molar-refractivity contribution is 0.106. The average molecular weight is 461 g/mol. The van der Waals surface area contributed by atoms with Gasteiger partial charge in [0.15, 0.2) is 5.96 Å². The van der Waals surface area contributed by atoms with Crippen LogP contribution in [-0.4, -0.2) is 48.4 Å². The molecule has 1 aromatic carbocycles. The predicted molar refractivity (Wildman–Crippen MR) is 108 cm³/mol. The van der Waals surface area contributed by atoms with Gasteiger partial charge in [0.1, 0.15) is 5.82 Å². The van der Waals surface area contributed by atoms with E-state index in [0.29, 0.717) is 13.1 Å². The number of aryl methyl sites for hydroxylation is 1. The van der Waals surface area contributed by atoms with Gasteiger partial charge in [-0.15, -0.1) is 24.0 Å². The molecule has 6 nitrogen and oxygen atoms in total. The number of rotatable bonds is 6. The smallest absolute Gasteiger partial charge is 0.193 e. The summed E-state index contributed by atoms with van der Waals surface area (Å²) in [6.07, 6.45) is 3.62. The van der Waals surface area contributed by atoms with Gasteiger partial charge in [0.05, 0.1) is 12.3 Å². The van der Waals surface area contributed by atoms with Crippen molar-refractivity contribution in [2.75, 3.05) is 27.7 Å². The Hall–Kier alpha value is -1.68. The van der Waals surface area contributed by atoms with Crippen LogP contribution in [-0.2, 0) is 18.3 Å². The van der Waals surface area contributed by atoms with Gasteiger partial charge in [-0.25, -0.2) is 4.39 Å². The first kappa shape index (κ1) is 21.4. The molecule has 0 aliphatic heterocycles. The fourth-order valence-corrected chi connectivity index (χ4v) is 2.49. The molecule has 25 heavy (non-hydrogen) atoms. The van der Waals surface area contributed by atoms with E-state index in [-0.39, 0.29) is 35.9 Å². The maximum absolute atomic E-state index is 13.0. The first-order valence-corrected chi connectivity index (χ1v) is 7.71. The minimum Gasteiger partial charge on any atom is -0.375 e. The maximum atomic E-state index is 13.0. The molecule has 0 fully saturated rings. The minimum absolute atomic E-state index is 0. The number of ether oxygens (including phenoxy) is 1. The maximum Gasteiger partial charge on any atom is 0.193 e. The van der Waals surface area contributed by atoms with E-state index in [1.165, 1.54) is 12.1 Å². The van der Waals surface area contributed by atoms with Crippen LogP contribution in [0.5, 0.6) is 0 Å². The molecular weight excluding hydrogens is 436 g/mol. The Balaban J connectivity index is 0.00000312. The Morgan fingerprint density at radius 1 is 1.40 bits per heavy atom. The summed E-state index contributed by atoms with van der Waals surface area (Å²) in [4.78, 5) is 6.30. The van der Waals surface area contributed by atoms with Crippen molar-refractivity contribution < 1.29 is 9.13 Å². The van der Waals surface area contributed by atoms with Crippen molar-refractivity contribution in [1.82, 2.24) is 20.0 Å². The number of halogens is 2. The highest BCUT2D eigenvalue weighted by atomic mass is 127. The van der Waals surface area contributed by atoms with Crippen molar-refractivity contribution >= 4 is 29.9 Å². The molecule has 0 amide bonds. The van der Waals surface area contributed by atoms with E-state index in [1.54, 1.807) is 31.0 Å². The summed E-state index contributed by atoms with van der Waals surface area (Å²) in [6, 6.07) is 6.33. The number of aliphatic imine (C=N–C) groups is 1. The summed E-state index contributed by atoms with van der Waals surface area (Å²) < 4.78 is 20.3. The lowest BCUT2D eigenvalue weighted by Gasteiger charge is -2.24. The fraction of sp³-hybridized carbons (Fsp3) is 0.412. The van der Waals surface area contributed by atoms with E-state index in [9.17, 15) is 4.39 Å². The van der Waals surface area contributed by atoms with Crippen LogP contribution in [0.15, 0.2) is 41.7 Å². The Bertz CT molecular complexity index is 674. The average Bonchev–Trinajstić information content (AvgIpc) is 2.97. The van der Waals surface area contributed by atoms with Crippen LogP contribution in [0.2, 0.25) is 0 Å². The van der Waals surface area contributed by atoms with Crippen LogP contribution in [0.25, 0.3) is 0 Å². The third kappa shape index (κ3) is 6.28. The molecule has 0 aliphatic carbocycles. The number of hydrogen-bond donors (Lipinski definition) is 1. The van der Waals surface area contributed by atoms with E-state index in [2.05, 4.69) is 15.4 Å². The van der Waals surface area contributed by atoms with E-state index in [1.807, 2.05) is 31.4 Å². The molecular formula is C17H25FIN5O. The summed E-state index contributed by atoms with van der Waals surface area (Å²) in [5.74, 6) is 0.497. The number of hydrogen-bond acceptors (Lipinski definition) is 3. The highest BCUT2D eigenvalue weighted by molar-refractivity contribution is 14.0. The largest absolute Gasteiger partial charge is 0.375 e. The number of nitrogens with zero attached hydrogens (tertiary/aromatic N) is 4. The standard InChI is InChI=1S/C17H24FN5O.HI/c1-19-17(22(2)11-13-9-21-23(3)12-13)20-10-16(24-4)14-5-7-15(18)8-6-14;/h5-9,12,16H,10-11H2,1-4H3,(H,19,20);1H. The lowest BCUT2D eigenvalue weighted by atomic mass is 10.1. The second kappa shape index (κ2) is 10.3. The molecule has 0 radical (unpaired) electrons. The van der Waals surface area contributed by atoms with Crippen molar-refractivity contribution in [2.45, 2.75) is 12.6 Å². The van der Waals surface area contributed by atoms with Gasteiger partial charge in [-0.1, -0.05) is 12.1 Å². The van der Waals surface area contributed by atoms with Gasteiger partial charge >= 0.3 is 0 Å². The molecule has 2 aromatic rings. The Morgan fingerprint density at radius 2 is 2.08 bits per heavy atom. The molecule has 0 bridgehead atoms. The number of guanidine groups is 1. The lowest BCUT2D eigenvalue weighted by Crippen LogP contribution is -2.40. The van der Waals surface area contributed by atoms with Gasteiger partial charge in [0.25, 0.3) is 0 Å². The molecule has 2 rings (SSSR count). The molecule has 1 atom stereocenters. The zero-order valence-electron chi connectivity index (χ0n) is 14.9. The van der Waals surface area contributed by atoms with E-state index < -0.39 is 0 Å². The second-order valence-electron chi connectivity index (χ2n) is 5.58. The highest BCUT2D eigenvalue weighted by Crippen LogP contribution is 2.16. The van der Waals surface area contributed by atoms with Gasteiger partial charge in [0, 0.05) is 53.1 Å². The number of benzene rings is 1. The Kier molecular flexibility index (Phi) is 8.84. The molecule has 0 spiro atoms. The molecule has 0 saturated carbocycles. The van der Waals surface area contributed by atoms with Gasteiger partial charge in [0.2, 0.25) is 0 Å². The zero-order valence-corrected chi connectivity index (χ0v) is 17.3. The first-order chi connectivity index (χ1) is 11.5. The molecule has 8 heteroatoms. The number of nitrogens with one attached hydrogen (secondary N) is 1. The van der Waals surface area contributed by atoms with E-state index in [4.69, 9.17) is 4.74 Å². The van der Waals surface area contributed by atoms with Crippen LogP contribution in [0.1, 0.15) is 17.2 Å². The molecule has 1 N–H and O–H groups in total. The molecule has 1 heterocycles. The number of methoxy groups -OCH3 is 1. The van der Waals surface area contributed by atoms with E-state index in [0.717, 1.165) is 17.1 Å². The summed E-state index contributed by atoms with van der Waals surface area (Å²) in [5, 5.41) is 7.46. The van der Waals surface area contributed by atoms with Gasteiger partial charge in [-0.3, -0.25) is 9.67 Å². The van der Waals surface area contributed by atoms with Crippen molar-refractivity contribution in [3.05, 3.63) is 53.6 Å². The summed E-state index contributed by atoms with van der Waals surface area (Å²) >= 11 is 0. The quantitative estimate of drug-likeness (QED) is 0.408. The van der Waals surface area contributed by atoms with E-state index >= 15 is 0 Å². The van der Waals surface area contributed by atoms with Crippen LogP contribution in [0, 0.1) is 5.82 Å². The number of aromatic nitrogens is 2. The second-order valence-corrected chi connectivity index (χ2v) is 5.58. The summed E-state index contributed by atoms with van der Waals surface area (Å²) in [7, 11) is 7.23. The monoisotopic (exact) mass is 461 g/mol. The van der Waals surface area contributed by atoms with Crippen LogP contribution >= 0.6 is 24.0 Å². The molecule has 1 unspecified atom stereocenters. The highest BCUT2D eigenvalue weighted by Gasteiger charge is 2.13. The third-order valence-corrected chi connectivity index (χ3v) is 3.72. The van der Waals surface area contributed by atoms with Crippen molar-refractivity contribution in [2.24, 2.45) is 12.0 Å². The minimum atomic E-state index is -0.256. The third-order valence-electron chi connectivity index (χ3n) is 3.72. The zero-order chi connectivity index (χ0) is 17.5. The molecule has 138 valence electrons. The van der Waals surface area contributed by atoms with Crippen molar-refractivity contribution in [3.8, 4) is 0 Å². The van der Waals surface area contributed by atoms with Crippen LogP contribution in [0.4, 0.5) is 4.39 Å². The van der Waals surface area contributed by atoms with Gasteiger partial charge < -0.3 is 15.0 Å². The SMILES string of the molecule is CN=C(NCC(OC)c1ccc(F)cc1)N(C)Cc1cnn(C)c1.I. The fourth-order valence-electron chi connectivity index (χ4n) is 2.49. The van der Waals surface area contributed by atoms with Crippen LogP contribution < -0.4 is 5.32 Å². The van der Waals surface area contributed by atoms with Crippen molar-refractivity contribution in [1.29, 1.82) is 0 Å². The van der Waals surface area contributed by atoms with Gasteiger partial charge in [-0.05, 0) is 17.7 Å². The van der Waals surface area contributed by atoms with Crippen LogP contribution in [0.3, 0.4) is 0 Å². The van der Waals surface area contributed by atoms with Crippen molar-refractivity contribution in [3.63, 3.8) is 0 Å². The predicted octanol–water partition coefficient (Wildman–Crippen LogP) is 2.57. The molecule has 0 saturated heterocycles. The molecule has 0 aliphatic rings. The summed E-state index contributed by atoms with van der Waals surface area (Å²) in [5.41, 5.74) is 2.02. The van der Waals surface area contributed by atoms with Gasteiger partial charge in [-0.2, -0.15) is 5.10 Å². The topological polar surface area (TPSA) is 54.7 Å². The Labute approximate surface area is 165 Å². The summed E-state index contributed by atoms with van der Waals surface area (Å²) in [6.45, 7) is 1.23. The first-order valence-electron chi connectivity index (χ1n) is 7.71.